The zero-order valence-corrected chi connectivity index (χ0v) is 14.6. The summed E-state index contributed by atoms with van der Waals surface area (Å²) in [6.45, 7) is 0. The van der Waals surface area contributed by atoms with E-state index in [-0.39, 0.29) is 0 Å². The molecule has 2 aromatic heterocycles. The minimum absolute atomic E-state index is 0.801. The Morgan fingerprint density at radius 2 is 1.65 bits per heavy atom. The Kier molecular flexibility index (Phi) is 4.19. The summed E-state index contributed by atoms with van der Waals surface area (Å²) < 4.78 is 12.6. The van der Waals surface area contributed by atoms with E-state index in [0.717, 1.165) is 39.9 Å². The number of hydrogen-bond donors (Lipinski definition) is 1. The van der Waals surface area contributed by atoms with Gasteiger partial charge in [0.15, 0.2) is 0 Å². The number of benzene rings is 2. The predicted molar refractivity (Wildman–Crippen MR) is 103 cm³/mol. The number of hydrogen-bond acceptors (Lipinski definition) is 4. The smallest absolute Gasteiger partial charge is 0.143 e. The van der Waals surface area contributed by atoms with E-state index < -0.39 is 0 Å². The molecule has 0 atom stereocenters. The van der Waals surface area contributed by atoms with Crippen LogP contribution < -0.4 is 14.8 Å². The van der Waals surface area contributed by atoms with Crippen LogP contribution in [-0.2, 0) is 0 Å². The van der Waals surface area contributed by atoms with Gasteiger partial charge in [0.25, 0.3) is 0 Å². The lowest BCUT2D eigenvalue weighted by molar-refractivity contribution is 0.415. The second-order valence-corrected chi connectivity index (χ2v) is 5.82. The van der Waals surface area contributed by atoms with Gasteiger partial charge in [-0.1, -0.05) is 18.2 Å². The molecule has 4 aromatic rings. The average molecular weight is 345 g/mol. The van der Waals surface area contributed by atoms with Crippen molar-refractivity contribution >= 4 is 17.2 Å². The molecule has 1 N–H and O–H groups in total. The Morgan fingerprint density at radius 3 is 2.42 bits per heavy atom. The number of fused-ring (bicyclic) bond motifs is 1. The zero-order valence-electron chi connectivity index (χ0n) is 14.6. The molecule has 26 heavy (non-hydrogen) atoms. The summed E-state index contributed by atoms with van der Waals surface area (Å²) in [7, 11) is 3.33. The Bertz CT molecular complexity index is 1040. The largest absolute Gasteiger partial charge is 0.497 e. The third-order valence-electron chi connectivity index (χ3n) is 4.23. The van der Waals surface area contributed by atoms with E-state index in [2.05, 4.69) is 5.32 Å². The molecule has 2 heterocycles. The molecule has 0 aliphatic carbocycles. The number of aromatic nitrogens is 2. The molecule has 0 unspecified atom stereocenters. The van der Waals surface area contributed by atoms with Crippen LogP contribution in [0.2, 0.25) is 0 Å². The van der Waals surface area contributed by atoms with Gasteiger partial charge in [0.05, 0.1) is 14.2 Å². The van der Waals surface area contributed by atoms with E-state index in [9.17, 15) is 0 Å². The molecule has 5 heteroatoms. The molecule has 0 spiro atoms. The van der Waals surface area contributed by atoms with Gasteiger partial charge in [0.1, 0.15) is 28.7 Å². The van der Waals surface area contributed by atoms with Gasteiger partial charge < -0.3 is 14.8 Å². The molecule has 0 bridgehead atoms. The lowest BCUT2D eigenvalue weighted by atomic mass is 10.1. The standard InChI is InChI=1S/C21H19N3O2/c1-25-17-11-9-16(10-12-17)22-21-20(15-6-5-7-18(14-15)26-2)23-19-8-3-4-13-24(19)21/h3-14,22H,1-2H3. The van der Waals surface area contributed by atoms with Crippen LogP contribution in [0.15, 0.2) is 72.9 Å². The van der Waals surface area contributed by atoms with Crippen molar-refractivity contribution in [1.82, 2.24) is 9.38 Å². The van der Waals surface area contributed by atoms with Crippen LogP contribution >= 0.6 is 0 Å². The van der Waals surface area contributed by atoms with E-state index in [1.807, 2.05) is 77.3 Å². The quantitative estimate of drug-likeness (QED) is 0.566. The molecule has 5 nitrogen and oxygen atoms in total. The fourth-order valence-corrected chi connectivity index (χ4v) is 2.90. The van der Waals surface area contributed by atoms with Crippen molar-refractivity contribution in [2.75, 3.05) is 19.5 Å². The number of anilines is 2. The summed E-state index contributed by atoms with van der Waals surface area (Å²) in [6.07, 6.45) is 2.00. The van der Waals surface area contributed by atoms with E-state index in [1.54, 1.807) is 14.2 Å². The maximum absolute atomic E-state index is 5.37. The molecule has 4 rings (SSSR count). The monoisotopic (exact) mass is 345 g/mol. The van der Waals surface area contributed by atoms with Crippen LogP contribution in [0, 0.1) is 0 Å². The van der Waals surface area contributed by atoms with Gasteiger partial charge in [-0.2, -0.15) is 0 Å². The average Bonchev–Trinajstić information content (AvgIpc) is 3.07. The highest BCUT2D eigenvalue weighted by atomic mass is 16.5. The van der Waals surface area contributed by atoms with Crippen LogP contribution in [-0.4, -0.2) is 23.6 Å². The SMILES string of the molecule is COc1ccc(Nc2c(-c3cccc(OC)c3)nc3ccccn23)cc1. The molecule has 0 fully saturated rings. The van der Waals surface area contributed by atoms with Crippen molar-refractivity contribution in [3.05, 3.63) is 72.9 Å². The normalized spacial score (nSPS) is 10.7. The number of methoxy groups -OCH3 is 2. The molecular weight excluding hydrogens is 326 g/mol. The first-order valence-electron chi connectivity index (χ1n) is 8.31. The van der Waals surface area contributed by atoms with Gasteiger partial charge >= 0.3 is 0 Å². The van der Waals surface area contributed by atoms with E-state index in [1.165, 1.54) is 0 Å². The topological polar surface area (TPSA) is 47.8 Å². The summed E-state index contributed by atoms with van der Waals surface area (Å²) in [5.41, 5.74) is 3.69. The molecule has 0 saturated carbocycles. The second kappa shape index (κ2) is 6.80. The van der Waals surface area contributed by atoms with Crippen molar-refractivity contribution in [2.45, 2.75) is 0 Å². The first-order valence-corrected chi connectivity index (χ1v) is 8.31. The van der Waals surface area contributed by atoms with E-state index in [4.69, 9.17) is 14.5 Å². The number of imidazole rings is 1. The summed E-state index contributed by atoms with van der Waals surface area (Å²) in [4.78, 5) is 4.81. The third kappa shape index (κ3) is 2.95. The highest BCUT2D eigenvalue weighted by Gasteiger charge is 2.14. The fourth-order valence-electron chi connectivity index (χ4n) is 2.90. The Morgan fingerprint density at radius 1 is 0.846 bits per heavy atom. The molecule has 2 aromatic carbocycles. The number of ether oxygens (including phenoxy) is 2. The minimum Gasteiger partial charge on any atom is -0.497 e. The molecule has 0 saturated heterocycles. The van der Waals surface area contributed by atoms with Gasteiger partial charge in [-0.15, -0.1) is 0 Å². The van der Waals surface area contributed by atoms with Crippen molar-refractivity contribution in [3.63, 3.8) is 0 Å². The molecule has 0 amide bonds. The fraction of sp³-hybridized carbons (Fsp3) is 0.0952. The van der Waals surface area contributed by atoms with E-state index in [0.29, 0.717) is 0 Å². The van der Waals surface area contributed by atoms with Crippen molar-refractivity contribution < 1.29 is 9.47 Å². The molecule has 0 aliphatic heterocycles. The first kappa shape index (κ1) is 16.0. The van der Waals surface area contributed by atoms with Crippen molar-refractivity contribution in [3.8, 4) is 22.8 Å². The highest BCUT2D eigenvalue weighted by Crippen LogP contribution is 2.33. The van der Waals surface area contributed by atoms with E-state index >= 15 is 0 Å². The second-order valence-electron chi connectivity index (χ2n) is 5.82. The van der Waals surface area contributed by atoms with Crippen LogP contribution in [0.5, 0.6) is 11.5 Å². The Balaban J connectivity index is 1.83. The Hall–Kier alpha value is -3.47. The summed E-state index contributed by atoms with van der Waals surface area (Å²) in [5, 5.41) is 3.49. The van der Waals surface area contributed by atoms with Crippen LogP contribution in [0.1, 0.15) is 0 Å². The van der Waals surface area contributed by atoms with Gasteiger partial charge in [0.2, 0.25) is 0 Å². The number of nitrogens with one attached hydrogen (secondary N) is 1. The van der Waals surface area contributed by atoms with Gasteiger partial charge in [-0.25, -0.2) is 4.98 Å². The lowest BCUT2D eigenvalue weighted by Gasteiger charge is -2.10. The van der Waals surface area contributed by atoms with Crippen molar-refractivity contribution in [2.24, 2.45) is 0 Å². The molecule has 0 radical (unpaired) electrons. The first-order chi connectivity index (χ1) is 12.8. The van der Waals surface area contributed by atoms with Crippen LogP contribution in [0.4, 0.5) is 11.5 Å². The molecule has 0 aliphatic rings. The van der Waals surface area contributed by atoms with Gasteiger partial charge in [-0.3, -0.25) is 4.40 Å². The number of nitrogens with zero attached hydrogens (tertiary/aromatic N) is 2. The third-order valence-corrected chi connectivity index (χ3v) is 4.23. The Labute approximate surface area is 151 Å². The number of rotatable bonds is 5. The molecular formula is C21H19N3O2. The maximum Gasteiger partial charge on any atom is 0.143 e. The highest BCUT2D eigenvalue weighted by molar-refractivity contribution is 5.80. The minimum atomic E-state index is 0.801. The lowest BCUT2D eigenvalue weighted by Crippen LogP contribution is -1.97. The summed E-state index contributed by atoms with van der Waals surface area (Å²) >= 11 is 0. The van der Waals surface area contributed by atoms with Crippen LogP contribution in [0.3, 0.4) is 0 Å². The predicted octanol–water partition coefficient (Wildman–Crippen LogP) is 4.76. The van der Waals surface area contributed by atoms with Crippen LogP contribution in [0.25, 0.3) is 16.9 Å². The summed E-state index contributed by atoms with van der Waals surface area (Å²) in [5.74, 6) is 2.52. The van der Waals surface area contributed by atoms with Gasteiger partial charge in [-0.05, 0) is 48.5 Å². The van der Waals surface area contributed by atoms with Gasteiger partial charge in [0, 0.05) is 17.4 Å². The molecule has 130 valence electrons. The maximum atomic E-state index is 5.37. The number of pyridine rings is 1. The summed E-state index contributed by atoms with van der Waals surface area (Å²) in [6, 6.07) is 21.7. The van der Waals surface area contributed by atoms with Crippen molar-refractivity contribution in [1.29, 1.82) is 0 Å². The zero-order chi connectivity index (χ0) is 17.9.